The Hall–Kier alpha value is -2.95. The minimum Gasteiger partial charge on any atom is -0.491 e. The number of benzene rings is 2. The molecule has 2 aromatic carbocycles. The molecule has 0 fully saturated rings. The fourth-order valence-corrected chi connectivity index (χ4v) is 2.64. The predicted octanol–water partition coefficient (Wildman–Crippen LogP) is 3.92. The Morgan fingerprint density at radius 1 is 1.16 bits per heavy atom. The molecular formula is C20H24N4O. The van der Waals surface area contributed by atoms with Crippen LogP contribution < -0.4 is 15.8 Å². The van der Waals surface area contributed by atoms with E-state index in [1.54, 1.807) is 0 Å². The average Bonchev–Trinajstić information content (AvgIpc) is 2.99. The third-order valence-corrected chi connectivity index (χ3v) is 3.75. The molecule has 4 N–H and O–H groups in total. The van der Waals surface area contributed by atoms with Crippen molar-refractivity contribution >= 4 is 22.5 Å². The number of nitrogens with one attached hydrogen (secondary N) is 2. The monoisotopic (exact) mass is 336 g/mol. The summed E-state index contributed by atoms with van der Waals surface area (Å²) in [6.45, 7) is 4.63. The van der Waals surface area contributed by atoms with E-state index in [0.717, 1.165) is 29.1 Å². The summed E-state index contributed by atoms with van der Waals surface area (Å²) >= 11 is 0. The molecule has 1 aromatic heterocycles. The SMILES string of the molecule is CC(C)Oc1ccc(NC(N)=NCCc2cc3ccccc3[nH]2)cc1. The molecule has 0 bridgehead atoms. The zero-order valence-corrected chi connectivity index (χ0v) is 14.6. The Bertz CT molecular complexity index is 817. The summed E-state index contributed by atoms with van der Waals surface area (Å²) in [5.74, 6) is 1.25. The van der Waals surface area contributed by atoms with Crippen LogP contribution in [0.2, 0.25) is 0 Å². The van der Waals surface area contributed by atoms with Gasteiger partial charge < -0.3 is 20.8 Å². The van der Waals surface area contributed by atoms with Gasteiger partial charge in [-0.05, 0) is 55.6 Å². The first-order valence-corrected chi connectivity index (χ1v) is 8.50. The topological polar surface area (TPSA) is 75.4 Å². The van der Waals surface area contributed by atoms with Crippen molar-refractivity contribution in [1.82, 2.24) is 4.98 Å². The Morgan fingerprint density at radius 3 is 2.64 bits per heavy atom. The maximum atomic E-state index is 5.96. The average molecular weight is 336 g/mol. The molecule has 0 amide bonds. The Kier molecular flexibility index (Phi) is 5.23. The van der Waals surface area contributed by atoms with Crippen LogP contribution in [0.25, 0.3) is 10.9 Å². The molecule has 0 aliphatic carbocycles. The number of H-pyrrole nitrogens is 1. The van der Waals surface area contributed by atoms with E-state index in [9.17, 15) is 0 Å². The van der Waals surface area contributed by atoms with Crippen molar-refractivity contribution < 1.29 is 4.74 Å². The molecule has 1 heterocycles. The molecule has 0 aliphatic rings. The zero-order valence-electron chi connectivity index (χ0n) is 14.6. The summed E-state index contributed by atoms with van der Waals surface area (Å²) in [7, 11) is 0. The normalized spacial score (nSPS) is 11.9. The number of hydrogen-bond donors (Lipinski definition) is 3. The van der Waals surface area contributed by atoms with Crippen LogP contribution in [-0.2, 0) is 6.42 Å². The molecule has 0 aliphatic heterocycles. The number of fused-ring (bicyclic) bond motifs is 1. The summed E-state index contributed by atoms with van der Waals surface area (Å²) in [6.07, 6.45) is 0.980. The number of para-hydroxylation sites is 1. The second-order valence-corrected chi connectivity index (χ2v) is 6.21. The summed E-state index contributed by atoms with van der Waals surface area (Å²) in [4.78, 5) is 7.78. The van der Waals surface area contributed by atoms with E-state index in [0.29, 0.717) is 12.5 Å². The highest BCUT2D eigenvalue weighted by Gasteiger charge is 2.01. The van der Waals surface area contributed by atoms with Crippen LogP contribution in [0.5, 0.6) is 5.75 Å². The van der Waals surface area contributed by atoms with Gasteiger partial charge in [-0.15, -0.1) is 0 Å². The van der Waals surface area contributed by atoms with E-state index in [1.165, 1.54) is 5.39 Å². The van der Waals surface area contributed by atoms with Crippen molar-refractivity contribution in [3.8, 4) is 5.75 Å². The quantitative estimate of drug-likeness (QED) is 0.472. The Labute approximate surface area is 147 Å². The number of anilines is 1. The van der Waals surface area contributed by atoms with Crippen molar-refractivity contribution in [2.45, 2.75) is 26.4 Å². The molecule has 3 aromatic rings. The van der Waals surface area contributed by atoms with E-state index in [-0.39, 0.29) is 6.10 Å². The van der Waals surface area contributed by atoms with Crippen LogP contribution >= 0.6 is 0 Å². The van der Waals surface area contributed by atoms with Crippen LogP contribution in [0.1, 0.15) is 19.5 Å². The van der Waals surface area contributed by atoms with Gasteiger partial charge in [0.2, 0.25) is 0 Å². The molecule has 0 saturated heterocycles. The van der Waals surface area contributed by atoms with Gasteiger partial charge in [-0.3, -0.25) is 4.99 Å². The maximum absolute atomic E-state index is 5.96. The minimum absolute atomic E-state index is 0.162. The zero-order chi connectivity index (χ0) is 17.6. The lowest BCUT2D eigenvalue weighted by Gasteiger charge is -2.10. The number of aromatic nitrogens is 1. The number of nitrogens with two attached hydrogens (primary N) is 1. The molecular weight excluding hydrogens is 312 g/mol. The van der Waals surface area contributed by atoms with Gasteiger partial charge in [0, 0.05) is 29.9 Å². The highest BCUT2D eigenvalue weighted by Crippen LogP contribution is 2.17. The first-order valence-electron chi connectivity index (χ1n) is 8.50. The van der Waals surface area contributed by atoms with Gasteiger partial charge in [0.05, 0.1) is 6.10 Å². The van der Waals surface area contributed by atoms with Crippen LogP contribution in [0.3, 0.4) is 0 Å². The Balaban J connectivity index is 1.53. The predicted molar refractivity (Wildman–Crippen MR) is 104 cm³/mol. The highest BCUT2D eigenvalue weighted by molar-refractivity contribution is 5.92. The molecule has 130 valence electrons. The molecule has 0 radical (unpaired) electrons. The van der Waals surface area contributed by atoms with E-state index < -0.39 is 0 Å². The van der Waals surface area contributed by atoms with Crippen molar-refractivity contribution in [1.29, 1.82) is 0 Å². The second kappa shape index (κ2) is 7.75. The molecule has 0 saturated carbocycles. The maximum Gasteiger partial charge on any atom is 0.193 e. The second-order valence-electron chi connectivity index (χ2n) is 6.21. The molecule has 3 rings (SSSR count). The first-order chi connectivity index (χ1) is 12.1. The smallest absolute Gasteiger partial charge is 0.193 e. The van der Waals surface area contributed by atoms with Crippen LogP contribution in [-0.4, -0.2) is 23.6 Å². The van der Waals surface area contributed by atoms with Gasteiger partial charge >= 0.3 is 0 Å². The summed E-state index contributed by atoms with van der Waals surface area (Å²) < 4.78 is 5.62. The number of hydrogen-bond acceptors (Lipinski definition) is 2. The molecule has 5 nitrogen and oxygen atoms in total. The summed E-state index contributed by atoms with van der Waals surface area (Å²) in [6, 6.07) is 18.1. The van der Waals surface area contributed by atoms with Crippen molar-refractivity contribution in [2.24, 2.45) is 10.7 Å². The molecule has 0 spiro atoms. The van der Waals surface area contributed by atoms with E-state index in [4.69, 9.17) is 10.5 Å². The van der Waals surface area contributed by atoms with Crippen LogP contribution in [0, 0.1) is 0 Å². The Morgan fingerprint density at radius 2 is 1.92 bits per heavy atom. The lowest BCUT2D eigenvalue weighted by atomic mass is 10.2. The number of guanidine groups is 1. The lowest BCUT2D eigenvalue weighted by molar-refractivity contribution is 0.242. The summed E-state index contributed by atoms with van der Waals surface area (Å²) in [5, 5.41) is 4.32. The van der Waals surface area contributed by atoms with Crippen LogP contribution in [0.15, 0.2) is 59.6 Å². The third-order valence-electron chi connectivity index (χ3n) is 3.75. The number of ether oxygens (including phenoxy) is 1. The van der Waals surface area contributed by atoms with Crippen LogP contribution in [0.4, 0.5) is 5.69 Å². The molecule has 0 unspecified atom stereocenters. The number of aliphatic imine (C=N–C) groups is 1. The van der Waals surface area contributed by atoms with Gasteiger partial charge in [0.15, 0.2) is 5.96 Å². The molecule has 25 heavy (non-hydrogen) atoms. The van der Waals surface area contributed by atoms with Gasteiger partial charge in [-0.25, -0.2) is 0 Å². The van der Waals surface area contributed by atoms with Crippen molar-refractivity contribution in [2.75, 3.05) is 11.9 Å². The van der Waals surface area contributed by atoms with Gasteiger partial charge in [0.25, 0.3) is 0 Å². The fraction of sp³-hybridized carbons (Fsp3) is 0.250. The molecule has 5 heteroatoms. The van der Waals surface area contributed by atoms with Gasteiger partial charge in [0.1, 0.15) is 5.75 Å². The first kappa shape index (κ1) is 16.9. The van der Waals surface area contributed by atoms with E-state index in [1.807, 2.05) is 50.2 Å². The van der Waals surface area contributed by atoms with Gasteiger partial charge in [-0.2, -0.15) is 0 Å². The number of aromatic amines is 1. The minimum atomic E-state index is 0.162. The summed E-state index contributed by atoms with van der Waals surface area (Å²) in [5.41, 5.74) is 9.16. The highest BCUT2D eigenvalue weighted by atomic mass is 16.5. The van der Waals surface area contributed by atoms with Crippen molar-refractivity contribution in [3.63, 3.8) is 0 Å². The van der Waals surface area contributed by atoms with E-state index >= 15 is 0 Å². The van der Waals surface area contributed by atoms with Gasteiger partial charge in [-0.1, -0.05) is 18.2 Å². The largest absolute Gasteiger partial charge is 0.491 e. The number of nitrogens with zero attached hydrogens (tertiary/aromatic N) is 1. The van der Waals surface area contributed by atoms with Crippen molar-refractivity contribution in [3.05, 3.63) is 60.3 Å². The third kappa shape index (κ3) is 4.76. The number of rotatable bonds is 6. The fourth-order valence-electron chi connectivity index (χ4n) is 2.64. The lowest BCUT2D eigenvalue weighted by Crippen LogP contribution is -2.23. The van der Waals surface area contributed by atoms with E-state index in [2.05, 4.69) is 33.5 Å². The standard InChI is InChI=1S/C20H24N4O/c1-14(2)25-18-9-7-16(8-10-18)24-20(21)22-12-11-17-13-15-5-3-4-6-19(15)23-17/h3-10,13-14,23H,11-12H2,1-2H3,(H3,21,22,24). The molecule has 0 atom stereocenters.